The first-order chi connectivity index (χ1) is 15.4. The van der Waals surface area contributed by atoms with E-state index in [1.54, 1.807) is 39.2 Å². The first-order valence-corrected chi connectivity index (χ1v) is 15.5. The Kier molecular flexibility index (Phi) is 8.04. The van der Waals surface area contributed by atoms with Crippen molar-refractivity contribution >= 4 is 54.5 Å². The van der Waals surface area contributed by atoms with Crippen molar-refractivity contribution in [2.24, 2.45) is 0 Å². The molecule has 0 radical (unpaired) electrons. The third kappa shape index (κ3) is 7.70. The maximum Gasteiger partial charge on any atom is 0.413 e. The number of ether oxygens (including phenoxy) is 2. The summed E-state index contributed by atoms with van der Waals surface area (Å²) < 4.78 is 13.1. The minimum absolute atomic E-state index is 0.228. The maximum atomic E-state index is 12.1. The van der Waals surface area contributed by atoms with E-state index in [1.807, 2.05) is 16.8 Å². The van der Waals surface area contributed by atoms with Gasteiger partial charge in [0.2, 0.25) is 0 Å². The summed E-state index contributed by atoms with van der Waals surface area (Å²) in [6, 6.07) is 4.80. The zero-order chi connectivity index (χ0) is 24.2. The lowest BCUT2D eigenvalue weighted by Crippen LogP contribution is -2.27. The number of carbonyl (C=O) groups excluding carboxylic acids is 1. The van der Waals surface area contributed by atoms with Gasteiger partial charge in [-0.05, 0) is 32.9 Å². The molecular weight excluding hydrogens is 478 g/mol. The number of anilines is 1. The average molecular weight is 508 g/mol. The highest BCUT2D eigenvalue weighted by molar-refractivity contribution is 7.99. The molecule has 1 N–H and O–H groups in total. The number of nitrogens with zero attached hydrogens (tertiary/aromatic N) is 4. The molecule has 0 spiro atoms. The van der Waals surface area contributed by atoms with E-state index in [0.29, 0.717) is 21.7 Å². The minimum Gasteiger partial charge on any atom is -0.444 e. The molecule has 0 fully saturated rings. The van der Waals surface area contributed by atoms with E-state index in [2.05, 4.69) is 39.9 Å². The van der Waals surface area contributed by atoms with Crippen molar-refractivity contribution in [3.8, 4) is 0 Å². The first kappa shape index (κ1) is 25.5. The number of amides is 1. The minimum atomic E-state index is -1.12. The highest BCUT2D eigenvalue weighted by Gasteiger charge is 2.19. The standard InChI is InChI=1S/C22H30ClN5O3SSi/c1-22(2,3)31-21(29)27-19-18(23)16(7-9-24-19)32-17-13-25-20-15(26-17)8-10-28(20)14-30-11-12-33(4,5)6/h7-10,13H,11-12,14H2,1-6H3,(H,24,27,29)/q-1. The van der Waals surface area contributed by atoms with Gasteiger partial charge in [0.15, 0.2) is 11.5 Å². The molecule has 179 valence electrons. The van der Waals surface area contributed by atoms with Crippen LogP contribution in [0.25, 0.3) is 11.2 Å². The average Bonchev–Trinajstić information content (AvgIpc) is 3.08. The summed E-state index contributed by atoms with van der Waals surface area (Å²) in [5.74, 6) is 0.228. The molecule has 3 aromatic rings. The fourth-order valence-corrected chi connectivity index (χ4v) is 4.57. The molecule has 3 aromatic heterocycles. The predicted molar refractivity (Wildman–Crippen MR) is 135 cm³/mol. The van der Waals surface area contributed by atoms with Crippen LogP contribution in [-0.4, -0.2) is 45.9 Å². The quantitative estimate of drug-likeness (QED) is 0.283. The van der Waals surface area contributed by atoms with Gasteiger partial charge >= 0.3 is 6.09 Å². The van der Waals surface area contributed by atoms with Gasteiger partial charge in [-0.3, -0.25) is 5.32 Å². The fourth-order valence-electron chi connectivity index (χ4n) is 2.74. The van der Waals surface area contributed by atoms with Crippen LogP contribution in [0.1, 0.15) is 20.8 Å². The molecule has 0 saturated heterocycles. The molecule has 0 bridgehead atoms. The normalized spacial score (nSPS) is 12.2. The summed E-state index contributed by atoms with van der Waals surface area (Å²) in [6.07, 6.45) is 4.58. The van der Waals surface area contributed by atoms with Crippen LogP contribution in [0.5, 0.6) is 0 Å². The zero-order valence-electron chi connectivity index (χ0n) is 19.8. The number of hydrogen-bond acceptors (Lipinski definition) is 7. The Bertz CT molecular complexity index is 1130. The van der Waals surface area contributed by atoms with Gasteiger partial charge in [0.05, 0.1) is 11.2 Å². The van der Waals surface area contributed by atoms with Crippen LogP contribution < -0.4 is 5.32 Å². The van der Waals surface area contributed by atoms with Crippen LogP contribution >= 0.6 is 23.4 Å². The summed E-state index contributed by atoms with van der Waals surface area (Å²) in [6.45, 7) is 13.6. The van der Waals surface area contributed by atoms with E-state index in [-0.39, 0.29) is 5.82 Å². The largest absolute Gasteiger partial charge is 0.444 e. The van der Waals surface area contributed by atoms with E-state index in [9.17, 15) is 4.79 Å². The smallest absolute Gasteiger partial charge is 0.413 e. The first-order valence-electron chi connectivity index (χ1n) is 10.6. The predicted octanol–water partition coefficient (Wildman–Crippen LogP) is 6.29. The molecule has 33 heavy (non-hydrogen) atoms. The van der Waals surface area contributed by atoms with Crippen molar-refractivity contribution in [2.45, 2.75) is 68.7 Å². The fraction of sp³-hybridized carbons (Fsp3) is 0.455. The highest BCUT2D eigenvalue weighted by Crippen LogP contribution is 2.36. The lowest BCUT2D eigenvalue weighted by molar-refractivity contribution is 0.0635. The molecule has 0 aliphatic rings. The van der Waals surface area contributed by atoms with Gasteiger partial charge in [-0.2, -0.15) is 19.6 Å². The zero-order valence-corrected chi connectivity index (χ0v) is 22.4. The molecule has 3 heterocycles. The highest BCUT2D eigenvalue weighted by atomic mass is 35.5. The summed E-state index contributed by atoms with van der Waals surface area (Å²) in [5.41, 5.74) is 0.912. The van der Waals surface area contributed by atoms with Crippen molar-refractivity contribution in [3.63, 3.8) is 0 Å². The van der Waals surface area contributed by atoms with Gasteiger partial charge in [-0.15, -0.1) is 14.1 Å². The van der Waals surface area contributed by atoms with Crippen LogP contribution in [0.3, 0.4) is 0 Å². The molecule has 0 atom stereocenters. The van der Waals surface area contributed by atoms with E-state index >= 15 is 0 Å². The second-order valence-electron chi connectivity index (χ2n) is 9.75. The van der Waals surface area contributed by atoms with Crippen LogP contribution in [-0.2, 0) is 16.2 Å². The van der Waals surface area contributed by atoms with Crippen LogP contribution in [0.4, 0.5) is 10.6 Å². The van der Waals surface area contributed by atoms with Crippen molar-refractivity contribution < 1.29 is 14.3 Å². The number of hydrogen-bond donors (Lipinski definition) is 1. The lowest BCUT2D eigenvalue weighted by Gasteiger charge is -2.26. The Balaban J connectivity index is 1.68. The SMILES string of the molecule is CC(C)(C)OC(=O)Nc1nccc(Sc2cnc3c(ccn3COCC[Si-](C)(C)C)n2)c1Cl. The number of nitrogens with one attached hydrogen (secondary N) is 1. The van der Waals surface area contributed by atoms with Gasteiger partial charge in [-0.1, -0.05) is 23.4 Å². The topological polar surface area (TPSA) is 91.2 Å². The summed E-state index contributed by atoms with van der Waals surface area (Å²) in [5, 5.41) is 3.58. The van der Waals surface area contributed by atoms with Crippen molar-refractivity contribution in [3.05, 3.63) is 35.7 Å². The second kappa shape index (κ2) is 10.4. The number of fused-ring (bicyclic) bond motifs is 1. The molecule has 0 aliphatic heterocycles. The van der Waals surface area contributed by atoms with Gasteiger partial charge < -0.3 is 14.0 Å². The van der Waals surface area contributed by atoms with E-state index in [1.165, 1.54) is 11.8 Å². The molecule has 0 aliphatic carbocycles. The Morgan fingerprint density at radius 2 is 2.00 bits per heavy atom. The van der Waals surface area contributed by atoms with Gasteiger partial charge in [0.25, 0.3) is 0 Å². The van der Waals surface area contributed by atoms with Crippen molar-refractivity contribution in [1.29, 1.82) is 0 Å². The van der Waals surface area contributed by atoms with Crippen LogP contribution in [0.15, 0.2) is 40.6 Å². The second-order valence-corrected chi connectivity index (χ2v) is 16.8. The molecule has 8 nitrogen and oxygen atoms in total. The van der Waals surface area contributed by atoms with Gasteiger partial charge in [-0.25, -0.2) is 19.7 Å². The Hall–Kier alpha value is -2.14. The third-order valence-electron chi connectivity index (χ3n) is 4.36. The summed E-state index contributed by atoms with van der Waals surface area (Å²) in [4.78, 5) is 26.2. The molecule has 0 saturated carbocycles. The summed E-state index contributed by atoms with van der Waals surface area (Å²) in [7, 11) is -1.12. The van der Waals surface area contributed by atoms with Crippen LogP contribution in [0, 0.1) is 0 Å². The van der Waals surface area contributed by atoms with Crippen molar-refractivity contribution in [1.82, 2.24) is 19.5 Å². The molecule has 1 amide bonds. The van der Waals surface area contributed by atoms with Gasteiger partial charge in [0, 0.05) is 23.9 Å². The number of halogens is 1. The number of aromatic nitrogens is 4. The van der Waals surface area contributed by atoms with Crippen LogP contribution in [0.2, 0.25) is 30.7 Å². The molecule has 0 aromatic carbocycles. The van der Waals surface area contributed by atoms with Crippen molar-refractivity contribution in [2.75, 3.05) is 11.9 Å². The Labute approximate surface area is 204 Å². The lowest BCUT2D eigenvalue weighted by atomic mass is 10.2. The Morgan fingerprint density at radius 1 is 1.24 bits per heavy atom. The molecule has 0 unspecified atom stereocenters. The van der Waals surface area contributed by atoms with E-state index in [4.69, 9.17) is 21.1 Å². The maximum absolute atomic E-state index is 12.1. The van der Waals surface area contributed by atoms with Gasteiger partial charge in [0.1, 0.15) is 22.9 Å². The molecular formula is C22H30ClN5O3SSi-. The van der Waals surface area contributed by atoms with E-state index < -0.39 is 19.8 Å². The van der Waals surface area contributed by atoms with E-state index in [0.717, 1.165) is 23.8 Å². The summed E-state index contributed by atoms with van der Waals surface area (Å²) >= 11 is 7.82. The Morgan fingerprint density at radius 3 is 2.70 bits per heavy atom. The number of rotatable bonds is 8. The third-order valence-corrected chi connectivity index (χ3v) is 7.52. The number of carbonyl (C=O) groups is 1. The molecule has 11 heteroatoms. The molecule has 3 rings (SSSR count). The number of pyridine rings is 1. The monoisotopic (exact) mass is 507 g/mol.